The van der Waals surface area contributed by atoms with Gasteiger partial charge in [0.2, 0.25) is 12.1 Å². The van der Waals surface area contributed by atoms with Crippen LogP contribution in [0.1, 0.15) is 10.4 Å². The number of nitrogens with zero attached hydrogens (tertiary/aromatic N) is 2. The van der Waals surface area contributed by atoms with Crippen LogP contribution in [0.4, 0.5) is 0 Å². The number of aromatic nitrogens is 2. The topological polar surface area (TPSA) is 25.9 Å². The number of halogens is 1. The first-order chi connectivity index (χ1) is 7.65. The lowest BCUT2D eigenvalue weighted by atomic mass is 10.1. The van der Waals surface area contributed by atoms with Gasteiger partial charge in [-0.15, -0.1) is 0 Å². The van der Waals surface area contributed by atoms with Gasteiger partial charge in [0.1, 0.15) is 12.4 Å². The van der Waals surface area contributed by atoms with E-state index < -0.39 is 0 Å². The number of hydrogen-bond acceptors (Lipinski definition) is 1. The van der Waals surface area contributed by atoms with E-state index in [1.165, 1.54) is 0 Å². The van der Waals surface area contributed by atoms with Crippen molar-refractivity contribution in [2.24, 2.45) is 7.05 Å². The van der Waals surface area contributed by atoms with Crippen molar-refractivity contribution >= 4 is 17.4 Å². The molecule has 1 aromatic carbocycles. The first-order valence-electron chi connectivity index (χ1n) is 4.95. The second-order valence-electron chi connectivity index (χ2n) is 3.68. The molecular formula is C12H12ClN2O+. The van der Waals surface area contributed by atoms with E-state index in [0.29, 0.717) is 17.1 Å². The molecule has 0 aliphatic heterocycles. The quantitative estimate of drug-likeness (QED) is 0.589. The van der Waals surface area contributed by atoms with Crippen LogP contribution in [0, 0.1) is 0 Å². The highest BCUT2D eigenvalue weighted by Crippen LogP contribution is 2.10. The average molecular weight is 236 g/mol. The van der Waals surface area contributed by atoms with Gasteiger partial charge in [-0.2, -0.15) is 0 Å². The number of Topliss-reactive ketones (excluding diaryl/α,β-unsaturated/α-hetero) is 1. The van der Waals surface area contributed by atoms with Gasteiger partial charge in [-0.05, 0) is 24.3 Å². The van der Waals surface area contributed by atoms with Crippen molar-refractivity contribution in [1.82, 2.24) is 4.57 Å². The van der Waals surface area contributed by atoms with Crippen molar-refractivity contribution in [1.29, 1.82) is 0 Å². The second-order valence-corrected chi connectivity index (χ2v) is 4.12. The van der Waals surface area contributed by atoms with Crippen LogP contribution in [-0.2, 0) is 13.6 Å². The van der Waals surface area contributed by atoms with E-state index in [2.05, 4.69) is 0 Å². The molecule has 82 valence electrons. The van der Waals surface area contributed by atoms with Crippen LogP contribution in [0.5, 0.6) is 0 Å². The summed E-state index contributed by atoms with van der Waals surface area (Å²) < 4.78 is 3.74. The number of imidazole rings is 1. The van der Waals surface area contributed by atoms with E-state index in [4.69, 9.17) is 11.6 Å². The summed E-state index contributed by atoms with van der Waals surface area (Å²) in [5.74, 6) is 0.0767. The molecule has 16 heavy (non-hydrogen) atoms. The highest BCUT2D eigenvalue weighted by atomic mass is 35.5. The van der Waals surface area contributed by atoms with E-state index in [1.807, 2.05) is 34.9 Å². The predicted molar refractivity (Wildman–Crippen MR) is 61.4 cm³/mol. The lowest BCUT2D eigenvalue weighted by Gasteiger charge is -1.98. The molecule has 2 rings (SSSR count). The third-order valence-electron chi connectivity index (χ3n) is 2.32. The lowest BCUT2D eigenvalue weighted by molar-refractivity contribution is -0.671. The Morgan fingerprint density at radius 3 is 2.62 bits per heavy atom. The van der Waals surface area contributed by atoms with E-state index in [0.717, 1.165) is 0 Å². The Bertz CT molecular complexity index is 502. The van der Waals surface area contributed by atoms with Crippen LogP contribution >= 0.6 is 11.6 Å². The molecular weight excluding hydrogens is 224 g/mol. The Labute approximate surface area is 98.9 Å². The minimum atomic E-state index is 0.0767. The van der Waals surface area contributed by atoms with E-state index >= 15 is 0 Å². The lowest BCUT2D eigenvalue weighted by Crippen LogP contribution is -2.24. The van der Waals surface area contributed by atoms with Gasteiger partial charge < -0.3 is 0 Å². The van der Waals surface area contributed by atoms with Gasteiger partial charge in [0.15, 0.2) is 6.54 Å². The maximum absolute atomic E-state index is 11.9. The van der Waals surface area contributed by atoms with Crippen molar-refractivity contribution in [2.75, 3.05) is 0 Å². The third kappa shape index (κ3) is 2.49. The molecule has 1 aromatic heterocycles. The van der Waals surface area contributed by atoms with Crippen LogP contribution in [-0.4, -0.2) is 10.4 Å². The number of aryl methyl sites for hydroxylation is 1. The Balaban J connectivity index is 2.11. The molecule has 0 atom stereocenters. The summed E-state index contributed by atoms with van der Waals surface area (Å²) in [4.78, 5) is 11.9. The first kappa shape index (κ1) is 10.9. The van der Waals surface area contributed by atoms with Crippen molar-refractivity contribution < 1.29 is 9.36 Å². The fourth-order valence-corrected chi connectivity index (χ4v) is 1.61. The average Bonchev–Trinajstić information content (AvgIpc) is 2.65. The van der Waals surface area contributed by atoms with Gasteiger partial charge in [0.25, 0.3) is 0 Å². The number of benzene rings is 1. The summed E-state index contributed by atoms with van der Waals surface area (Å²) in [5, 5.41) is 0.643. The monoisotopic (exact) mass is 235 g/mol. The zero-order chi connectivity index (χ0) is 11.5. The van der Waals surface area contributed by atoms with E-state index in [9.17, 15) is 4.79 Å². The van der Waals surface area contributed by atoms with Gasteiger partial charge in [-0.25, -0.2) is 9.13 Å². The van der Waals surface area contributed by atoms with Gasteiger partial charge in [0, 0.05) is 10.6 Å². The highest BCUT2D eigenvalue weighted by molar-refractivity contribution is 6.30. The van der Waals surface area contributed by atoms with Crippen LogP contribution in [0.15, 0.2) is 43.0 Å². The van der Waals surface area contributed by atoms with Gasteiger partial charge in [-0.1, -0.05) is 11.6 Å². The Kier molecular flexibility index (Phi) is 3.06. The number of rotatable bonds is 3. The highest BCUT2D eigenvalue weighted by Gasteiger charge is 2.10. The molecule has 0 saturated carbocycles. The minimum Gasteiger partial charge on any atom is -0.290 e. The maximum Gasteiger partial charge on any atom is 0.243 e. The second kappa shape index (κ2) is 4.49. The molecule has 0 saturated heterocycles. The molecule has 2 aromatic rings. The number of ketones is 1. The van der Waals surface area contributed by atoms with Crippen LogP contribution in [0.25, 0.3) is 0 Å². The molecule has 0 amide bonds. The van der Waals surface area contributed by atoms with Crippen LogP contribution in [0.3, 0.4) is 0 Å². The Morgan fingerprint density at radius 1 is 1.38 bits per heavy atom. The standard InChI is InChI=1S/C12H12ClN2O/c1-14-6-7-15(9-14)8-12(16)10-2-4-11(13)5-3-10/h2-7,9H,8H2,1H3/q+1. The molecule has 0 aliphatic carbocycles. The van der Waals surface area contributed by atoms with Crippen molar-refractivity contribution in [2.45, 2.75) is 6.54 Å². The largest absolute Gasteiger partial charge is 0.290 e. The van der Waals surface area contributed by atoms with Crippen molar-refractivity contribution in [3.63, 3.8) is 0 Å². The van der Waals surface area contributed by atoms with Crippen molar-refractivity contribution in [3.05, 3.63) is 53.6 Å². The summed E-state index contributed by atoms with van der Waals surface area (Å²) in [5.41, 5.74) is 0.681. The summed E-state index contributed by atoms with van der Waals surface area (Å²) in [6, 6.07) is 6.94. The normalized spacial score (nSPS) is 10.4. The fraction of sp³-hybridized carbons (Fsp3) is 0.167. The molecule has 0 bridgehead atoms. The van der Waals surface area contributed by atoms with Gasteiger partial charge in [0.05, 0.1) is 7.05 Å². The number of carbonyl (C=O) groups excluding carboxylic acids is 1. The Morgan fingerprint density at radius 2 is 2.06 bits per heavy atom. The van der Waals surface area contributed by atoms with E-state index in [1.54, 1.807) is 24.3 Å². The zero-order valence-corrected chi connectivity index (χ0v) is 9.69. The molecule has 0 unspecified atom stereocenters. The van der Waals surface area contributed by atoms with Crippen LogP contribution in [0.2, 0.25) is 5.02 Å². The summed E-state index contributed by atoms with van der Waals surface area (Å²) >= 11 is 5.76. The summed E-state index contributed by atoms with van der Waals surface area (Å²) in [7, 11) is 1.92. The molecule has 0 aliphatic rings. The van der Waals surface area contributed by atoms with E-state index in [-0.39, 0.29) is 5.78 Å². The number of carbonyl (C=O) groups is 1. The van der Waals surface area contributed by atoms with Gasteiger partial charge in [-0.3, -0.25) is 4.79 Å². The smallest absolute Gasteiger partial charge is 0.243 e. The third-order valence-corrected chi connectivity index (χ3v) is 2.57. The fourth-order valence-electron chi connectivity index (χ4n) is 1.49. The van der Waals surface area contributed by atoms with Crippen molar-refractivity contribution in [3.8, 4) is 0 Å². The predicted octanol–water partition coefficient (Wildman–Crippen LogP) is 1.85. The summed E-state index contributed by atoms with van der Waals surface area (Å²) in [6.45, 7) is 0.350. The molecule has 0 fully saturated rings. The first-order valence-corrected chi connectivity index (χ1v) is 5.33. The Hall–Kier alpha value is -1.61. The molecule has 0 N–H and O–H groups in total. The van der Waals surface area contributed by atoms with Gasteiger partial charge >= 0.3 is 0 Å². The molecule has 4 heteroatoms. The molecule has 0 spiro atoms. The van der Waals surface area contributed by atoms with Crippen LogP contribution < -0.4 is 4.57 Å². The zero-order valence-electron chi connectivity index (χ0n) is 8.93. The number of hydrogen-bond donors (Lipinski definition) is 0. The molecule has 1 heterocycles. The SMILES string of the molecule is C[n+]1ccn(CC(=O)c2ccc(Cl)cc2)c1. The minimum absolute atomic E-state index is 0.0767. The summed E-state index contributed by atoms with van der Waals surface area (Å²) in [6.07, 6.45) is 5.64. The molecule has 3 nitrogen and oxygen atoms in total. The maximum atomic E-state index is 11.9. The molecule has 0 radical (unpaired) electrons.